The topological polar surface area (TPSA) is 12.4 Å². The van der Waals surface area contributed by atoms with E-state index < -0.39 is 0 Å². The van der Waals surface area contributed by atoms with E-state index in [1.54, 1.807) is 11.8 Å². The van der Waals surface area contributed by atoms with E-state index in [-0.39, 0.29) is 0 Å². The molecule has 0 aromatic heterocycles. The molecule has 0 radical (unpaired) electrons. The second-order valence-electron chi connectivity index (χ2n) is 5.99. The van der Waals surface area contributed by atoms with E-state index >= 15 is 0 Å². The van der Waals surface area contributed by atoms with Crippen molar-refractivity contribution in [1.82, 2.24) is 0 Å². The number of aliphatic imine (C=N–C) groups is 1. The van der Waals surface area contributed by atoms with Gasteiger partial charge in [-0.15, -0.1) is 11.8 Å². The van der Waals surface area contributed by atoms with Gasteiger partial charge in [0.05, 0.1) is 5.55 Å². The lowest BCUT2D eigenvalue weighted by Gasteiger charge is -2.01. The Morgan fingerprint density at radius 3 is 2.05 bits per heavy atom. The van der Waals surface area contributed by atoms with Gasteiger partial charge in [0.25, 0.3) is 0 Å². The molecule has 0 aliphatic heterocycles. The summed E-state index contributed by atoms with van der Waals surface area (Å²) in [4.78, 5) is 4.49. The molecule has 0 aliphatic rings. The molecule has 0 amide bonds. The zero-order chi connectivity index (χ0) is 15.7. The molecule has 1 nitrogen and oxygen atoms in total. The first-order valence-corrected chi connectivity index (χ1v) is 10.1. The highest BCUT2D eigenvalue weighted by Gasteiger charge is 1.92. The molecule has 0 bridgehead atoms. The largest absolute Gasteiger partial charge is 0.286 e. The molecule has 0 saturated heterocycles. The summed E-state index contributed by atoms with van der Waals surface area (Å²) in [5.41, 5.74) is 3.40. The van der Waals surface area contributed by atoms with Crippen LogP contribution in [0.1, 0.15) is 76.7 Å². The summed E-state index contributed by atoms with van der Waals surface area (Å²) >= 11 is 1.80. The second kappa shape index (κ2) is 15.1. The fourth-order valence-corrected chi connectivity index (χ4v) is 3.17. The smallest absolute Gasteiger partial charge is 0.0544 e. The van der Waals surface area contributed by atoms with Gasteiger partial charge in [0.1, 0.15) is 0 Å². The summed E-state index contributed by atoms with van der Waals surface area (Å²) in [6, 6.07) is 10.6. The van der Waals surface area contributed by atoms with Crippen molar-refractivity contribution >= 4 is 17.3 Å². The first-order valence-electron chi connectivity index (χ1n) is 9.07. The quantitative estimate of drug-likeness (QED) is 0.207. The first-order chi connectivity index (χ1) is 10.9. The van der Waals surface area contributed by atoms with Crippen molar-refractivity contribution in [1.29, 1.82) is 0 Å². The van der Waals surface area contributed by atoms with Gasteiger partial charge in [-0.2, -0.15) is 0 Å². The Labute approximate surface area is 142 Å². The van der Waals surface area contributed by atoms with E-state index in [2.05, 4.69) is 42.2 Å². The Hall–Kier alpha value is -0.760. The van der Waals surface area contributed by atoms with Gasteiger partial charge >= 0.3 is 0 Å². The second-order valence-corrected chi connectivity index (χ2v) is 6.82. The van der Waals surface area contributed by atoms with Crippen LogP contribution in [0.2, 0.25) is 0 Å². The van der Waals surface area contributed by atoms with Gasteiger partial charge in [-0.3, -0.25) is 4.99 Å². The highest BCUT2D eigenvalue weighted by Crippen LogP contribution is 2.11. The van der Waals surface area contributed by atoms with Crippen LogP contribution in [-0.2, 0) is 5.75 Å². The molecule has 0 fully saturated rings. The molecule has 0 atom stereocenters. The van der Waals surface area contributed by atoms with Gasteiger partial charge in [-0.1, -0.05) is 95.0 Å². The summed E-state index contributed by atoms with van der Waals surface area (Å²) in [7, 11) is 0. The number of benzene rings is 1. The number of thioether (sulfide) groups is 1. The molecule has 0 spiro atoms. The molecular weight excluding hydrogens is 286 g/mol. The summed E-state index contributed by atoms with van der Waals surface area (Å²) in [6.07, 6.45) is 13.9. The van der Waals surface area contributed by atoms with E-state index in [9.17, 15) is 0 Å². The van der Waals surface area contributed by atoms with Gasteiger partial charge in [-0.05, 0) is 12.0 Å². The molecule has 0 saturated carbocycles. The molecule has 0 unspecified atom stereocenters. The molecule has 0 aliphatic carbocycles. The monoisotopic (exact) mass is 319 g/mol. The summed E-state index contributed by atoms with van der Waals surface area (Å²) < 4.78 is 0. The van der Waals surface area contributed by atoms with Crippen LogP contribution in [0.25, 0.3) is 0 Å². The fraction of sp³-hybridized carbons (Fsp3) is 0.650. The number of nitrogens with zero attached hydrogens (tertiary/aromatic N) is 1. The van der Waals surface area contributed by atoms with Crippen molar-refractivity contribution in [3.63, 3.8) is 0 Å². The molecule has 124 valence electrons. The standard InChI is InChI=1S/C20H33NS/c1-2-3-4-5-6-7-8-9-10-14-17-21-19-22-18-20-15-12-11-13-16-20/h11-13,15-16,19H,2-10,14,17-18H2,1H3. The maximum Gasteiger partial charge on any atom is 0.0544 e. The lowest BCUT2D eigenvalue weighted by atomic mass is 10.1. The van der Waals surface area contributed by atoms with Crippen LogP contribution in [0.3, 0.4) is 0 Å². The van der Waals surface area contributed by atoms with Crippen molar-refractivity contribution < 1.29 is 0 Å². The molecule has 1 rings (SSSR count). The van der Waals surface area contributed by atoms with Gasteiger partial charge in [0.15, 0.2) is 0 Å². The van der Waals surface area contributed by atoms with Crippen molar-refractivity contribution in [2.45, 2.75) is 76.9 Å². The normalized spacial score (nSPS) is 11.3. The lowest BCUT2D eigenvalue weighted by Crippen LogP contribution is -1.85. The molecule has 22 heavy (non-hydrogen) atoms. The summed E-state index contributed by atoms with van der Waals surface area (Å²) in [6.45, 7) is 3.28. The molecule has 0 heterocycles. The van der Waals surface area contributed by atoms with Crippen molar-refractivity contribution in [2.75, 3.05) is 6.54 Å². The van der Waals surface area contributed by atoms with Crippen LogP contribution in [0.5, 0.6) is 0 Å². The third-order valence-electron chi connectivity index (χ3n) is 3.88. The van der Waals surface area contributed by atoms with Gasteiger partial charge in [0, 0.05) is 12.3 Å². The minimum Gasteiger partial charge on any atom is -0.286 e. The Morgan fingerprint density at radius 1 is 0.818 bits per heavy atom. The summed E-state index contributed by atoms with van der Waals surface area (Å²) in [5.74, 6) is 1.03. The average Bonchev–Trinajstić information content (AvgIpc) is 2.56. The fourth-order valence-electron chi connectivity index (χ4n) is 2.50. The van der Waals surface area contributed by atoms with E-state index in [0.717, 1.165) is 12.3 Å². The van der Waals surface area contributed by atoms with Crippen molar-refractivity contribution in [3.05, 3.63) is 35.9 Å². The SMILES string of the molecule is CCCCCCCCCCCCN=CSCc1ccccc1. The minimum atomic E-state index is 0.998. The van der Waals surface area contributed by atoms with E-state index in [1.807, 2.05) is 5.55 Å². The number of hydrogen-bond donors (Lipinski definition) is 0. The Morgan fingerprint density at radius 2 is 1.41 bits per heavy atom. The third-order valence-corrected chi connectivity index (χ3v) is 4.68. The highest BCUT2D eigenvalue weighted by molar-refractivity contribution is 8.11. The van der Waals surface area contributed by atoms with Crippen LogP contribution in [-0.4, -0.2) is 12.1 Å². The zero-order valence-corrected chi connectivity index (χ0v) is 15.1. The maximum atomic E-state index is 4.49. The zero-order valence-electron chi connectivity index (χ0n) is 14.3. The van der Waals surface area contributed by atoms with E-state index in [0.29, 0.717) is 0 Å². The van der Waals surface area contributed by atoms with Crippen LogP contribution >= 0.6 is 11.8 Å². The van der Waals surface area contributed by atoms with Gasteiger partial charge < -0.3 is 0 Å². The van der Waals surface area contributed by atoms with Crippen LogP contribution < -0.4 is 0 Å². The van der Waals surface area contributed by atoms with Gasteiger partial charge in [0.2, 0.25) is 0 Å². The first kappa shape index (κ1) is 19.3. The molecule has 1 aromatic carbocycles. The summed E-state index contributed by atoms with van der Waals surface area (Å²) in [5, 5.41) is 0. The number of unbranched alkanes of at least 4 members (excludes halogenated alkanes) is 9. The highest BCUT2D eigenvalue weighted by atomic mass is 32.2. The van der Waals surface area contributed by atoms with Gasteiger partial charge in [-0.25, -0.2) is 0 Å². The minimum absolute atomic E-state index is 0.998. The third kappa shape index (κ3) is 11.9. The Bertz CT molecular complexity index is 361. The number of hydrogen-bond acceptors (Lipinski definition) is 2. The van der Waals surface area contributed by atoms with E-state index in [1.165, 1.54) is 69.8 Å². The predicted octanol–water partition coefficient (Wildman–Crippen LogP) is 6.87. The van der Waals surface area contributed by atoms with Crippen molar-refractivity contribution in [3.8, 4) is 0 Å². The Kier molecular flexibility index (Phi) is 13.3. The number of rotatable bonds is 14. The molecule has 1 aromatic rings. The van der Waals surface area contributed by atoms with Crippen LogP contribution in [0.4, 0.5) is 0 Å². The Balaban J connectivity index is 1.80. The lowest BCUT2D eigenvalue weighted by molar-refractivity contribution is 0.558. The molecule has 0 N–H and O–H groups in total. The molecular formula is C20H33NS. The van der Waals surface area contributed by atoms with E-state index in [4.69, 9.17) is 0 Å². The average molecular weight is 320 g/mol. The predicted molar refractivity (Wildman–Crippen MR) is 103 cm³/mol. The maximum absolute atomic E-state index is 4.49. The van der Waals surface area contributed by atoms with Crippen LogP contribution in [0, 0.1) is 0 Å². The molecule has 2 heteroatoms. The van der Waals surface area contributed by atoms with Crippen LogP contribution in [0.15, 0.2) is 35.3 Å². The van der Waals surface area contributed by atoms with Crippen molar-refractivity contribution in [2.24, 2.45) is 4.99 Å².